The minimum atomic E-state index is -0.740. The van der Waals surface area contributed by atoms with Crippen LogP contribution in [-0.2, 0) is 14.3 Å². The molecule has 2 heterocycles. The lowest BCUT2D eigenvalue weighted by molar-refractivity contribution is -0.151. The Hall–Kier alpha value is -3.09. The predicted molar refractivity (Wildman–Crippen MR) is 119 cm³/mol. The zero-order valence-electron chi connectivity index (χ0n) is 18.8. The van der Waals surface area contributed by atoms with Gasteiger partial charge in [0.25, 0.3) is 0 Å². The molecule has 2 aliphatic heterocycles. The standard InChI is InChI=1S/C25H29FN2O4/c1-25(2,3)32-24(30)28-20(23(29)31-4)14-13-18-21(15-9-11-16(26)12-10-15)27-19-8-6-5-7-17(19)22(18)28/h5-12,18,20-22,27H,13-14H2,1-4H3. The first-order valence-electron chi connectivity index (χ1n) is 10.9. The van der Waals surface area contributed by atoms with Gasteiger partial charge in [-0.3, -0.25) is 4.90 Å². The van der Waals surface area contributed by atoms with Crippen molar-refractivity contribution in [1.82, 2.24) is 4.90 Å². The molecule has 0 radical (unpaired) electrons. The van der Waals surface area contributed by atoms with E-state index in [0.717, 1.165) is 16.8 Å². The minimum Gasteiger partial charge on any atom is -0.467 e. The summed E-state index contributed by atoms with van der Waals surface area (Å²) in [6, 6.07) is 12.9. The quantitative estimate of drug-likeness (QED) is 0.649. The van der Waals surface area contributed by atoms with Gasteiger partial charge >= 0.3 is 12.1 Å². The van der Waals surface area contributed by atoms with E-state index in [0.29, 0.717) is 12.8 Å². The monoisotopic (exact) mass is 440 g/mol. The Balaban J connectivity index is 1.82. The molecule has 0 spiro atoms. The lowest BCUT2D eigenvalue weighted by atomic mass is 9.73. The molecule has 0 aromatic heterocycles. The average molecular weight is 441 g/mol. The highest BCUT2D eigenvalue weighted by molar-refractivity contribution is 5.82. The van der Waals surface area contributed by atoms with Crippen LogP contribution in [-0.4, -0.2) is 35.7 Å². The number of para-hydroxylation sites is 1. The Morgan fingerprint density at radius 3 is 2.41 bits per heavy atom. The second-order valence-electron chi connectivity index (χ2n) is 9.37. The topological polar surface area (TPSA) is 67.9 Å². The average Bonchev–Trinajstić information content (AvgIpc) is 2.76. The van der Waals surface area contributed by atoms with E-state index >= 15 is 0 Å². The second-order valence-corrected chi connectivity index (χ2v) is 9.37. The number of ether oxygens (including phenoxy) is 2. The molecule has 4 rings (SSSR count). The minimum absolute atomic E-state index is 0.0382. The lowest BCUT2D eigenvalue weighted by Gasteiger charge is -2.51. The summed E-state index contributed by atoms with van der Waals surface area (Å²) in [6.07, 6.45) is 0.596. The molecule has 0 aliphatic carbocycles. The smallest absolute Gasteiger partial charge is 0.411 e. The molecule has 0 bridgehead atoms. The van der Waals surface area contributed by atoms with Crippen molar-refractivity contribution in [1.29, 1.82) is 0 Å². The molecule has 170 valence electrons. The SMILES string of the molecule is COC(=O)C1CCC2C(c3ccc(F)cc3)Nc3ccccc3C2N1C(=O)OC(C)(C)C. The maximum atomic E-state index is 13.6. The number of methoxy groups -OCH3 is 1. The van der Waals surface area contributed by atoms with Gasteiger partial charge in [0, 0.05) is 11.6 Å². The van der Waals surface area contributed by atoms with Crippen LogP contribution >= 0.6 is 0 Å². The Kier molecular flexibility index (Phi) is 5.84. The molecule has 2 aliphatic rings. The first-order valence-corrected chi connectivity index (χ1v) is 10.9. The molecular formula is C25H29FN2O4. The number of halogens is 1. The van der Waals surface area contributed by atoms with Crippen LogP contribution in [0.1, 0.15) is 56.8 Å². The normalized spacial score (nSPS) is 24.6. The van der Waals surface area contributed by atoms with Crippen molar-refractivity contribution in [2.75, 3.05) is 12.4 Å². The van der Waals surface area contributed by atoms with Crippen LogP contribution in [0.2, 0.25) is 0 Å². The molecule has 6 nitrogen and oxygen atoms in total. The van der Waals surface area contributed by atoms with E-state index in [-0.39, 0.29) is 17.8 Å². The van der Waals surface area contributed by atoms with Crippen LogP contribution in [0, 0.1) is 11.7 Å². The van der Waals surface area contributed by atoms with E-state index in [2.05, 4.69) is 5.32 Å². The van der Waals surface area contributed by atoms with Crippen molar-refractivity contribution in [3.8, 4) is 0 Å². The molecule has 7 heteroatoms. The fraction of sp³-hybridized carbons (Fsp3) is 0.440. The predicted octanol–water partition coefficient (Wildman–Crippen LogP) is 5.22. The van der Waals surface area contributed by atoms with Crippen LogP contribution < -0.4 is 5.32 Å². The molecule has 4 atom stereocenters. The molecule has 1 amide bonds. The Morgan fingerprint density at radius 2 is 1.75 bits per heavy atom. The molecule has 0 saturated carbocycles. The number of nitrogens with one attached hydrogen (secondary N) is 1. The summed E-state index contributed by atoms with van der Waals surface area (Å²) in [5, 5.41) is 3.58. The molecule has 1 fully saturated rings. The van der Waals surface area contributed by atoms with Crippen LogP contribution in [0.3, 0.4) is 0 Å². The zero-order valence-corrected chi connectivity index (χ0v) is 18.8. The zero-order chi connectivity index (χ0) is 23.0. The highest BCUT2D eigenvalue weighted by Gasteiger charge is 2.50. The van der Waals surface area contributed by atoms with Gasteiger partial charge in [-0.25, -0.2) is 14.0 Å². The molecule has 1 saturated heterocycles. The Labute approximate surface area is 187 Å². The van der Waals surface area contributed by atoms with Crippen molar-refractivity contribution < 1.29 is 23.5 Å². The Morgan fingerprint density at radius 1 is 1.06 bits per heavy atom. The summed E-state index contributed by atoms with van der Waals surface area (Å²) in [6.45, 7) is 5.41. The third kappa shape index (κ3) is 4.16. The summed E-state index contributed by atoms with van der Waals surface area (Å²) in [5.74, 6) is -0.793. The van der Waals surface area contributed by atoms with E-state index in [1.165, 1.54) is 19.2 Å². The summed E-state index contributed by atoms with van der Waals surface area (Å²) >= 11 is 0. The highest BCUT2D eigenvalue weighted by atomic mass is 19.1. The first kappa shape index (κ1) is 22.1. The fourth-order valence-corrected chi connectivity index (χ4v) is 4.86. The summed E-state index contributed by atoms with van der Waals surface area (Å²) in [7, 11) is 1.33. The maximum absolute atomic E-state index is 13.6. The number of rotatable bonds is 2. The van der Waals surface area contributed by atoms with Crippen molar-refractivity contribution >= 4 is 17.7 Å². The number of fused-ring (bicyclic) bond motifs is 3. The number of likely N-dealkylation sites (tertiary alicyclic amines) is 1. The van der Waals surface area contributed by atoms with Crippen LogP contribution in [0.25, 0.3) is 0 Å². The summed E-state index contributed by atoms with van der Waals surface area (Å²) in [5.41, 5.74) is 2.02. The van der Waals surface area contributed by atoms with Crippen molar-refractivity contribution in [3.05, 3.63) is 65.5 Å². The van der Waals surface area contributed by atoms with E-state index in [4.69, 9.17) is 9.47 Å². The number of hydrogen-bond donors (Lipinski definition) is 1. The number of esters is 1. The lowest BCUT2D eigenvalue weighted by Crippen LogP contribution is -2.56. The first-order chi connectivity index (χ1) is 15.2. The maximum Gasteiger partial charge on any atom is 0.411 e. The molecule has 32 heavy (non-hydrogen) atoms. The van der Waals surface area contributed by atoms with Crippen LogP contribution in [0.15, 0.2) is 48.5 Å². The second kappa shape index (κ2) is 8.45. The van der Waals surface area contributed by atoms with E-state index < -0.39 is 29.7 Å². The molecule has 2 aromatic carbocycles. The van der Waals surface area contributed by atoms with Gasteiger partial charge in [0.15, 0.2) is 0 Å². The van der Waals surface area contributed by atoms with Crippen molar-refractivity contribution in [2.24, 2.45) is 5.92 Å². The number of piperidine rings is 1. The van der Waals surface area contributed by atoms with Gasteiger partial charge in [-0.15, -0.1) is 0 Å². The van der Waals surface area contributed by atoms with Gasteiger partial charge in [0.05, 0.1) is 19.2 Å². The number of carbonyl (C=O) groups is 2. The largest absolute Gasteiger partial charge is 0.467 e. The molecule has 1 N–H and O–H groups in total. The van der Waals surface area contributed by atoms with E-state index in [1.54, 1.807) is 37.8 Å². The van der Waals surface area contributed by atoms with Gasteiger partial charge in [0.2, 0.25) is 0 Å². The molecule has 4 unspecified atom stereocenters. The van der Waals surface area contributed by atoms with Crippen LogP contribution in [0.5, 0.6) is 0 Å². The van der Waals surface area contributed by atoms with Gasteiger partial charge in [-0.1, -0.05) is 30.3 Å². The third-order valence-corrected chi connectivity index (χ3v) is 6.14. The van der Waals surface area contributed by atoms with Crippen molar-refractivity contribution in [2.45, 2.75) is 57.3 Å². The number of carbonyl (C=O) groups excluding carboxylic acids is 2. The summed E-state index contributed by atoms with van der Waals surface area (Å²) in [4.78, 5) is 27.7. The number of benzene rings is 2. The van der Waals surface area contributed by atoms with E-state index in [1.807, 2.05) is 24.3 Å². The number of anilines is 1. The van der Waals surface area contributed by atoms with Gasteiger partial charge in [0.1, 0.15) is 17.5 Å². The number of nitrogens with zero attached hydrogens (tertiary/aromatic N) is 1. The van der Waals surface area contributed by atoms with Crippen LogP contribution in [0.4, 0.5) is 14.9 Å². The molecular weight excluding hydrogens is 411 g/mol. The Bertz CT molecular complexity index is 1000. The fourth-order valence-electron chi connectivity index (χ4n) is 4.86. The molecule has 2 aromatic rings. The van der Waals surface area contributed by atoms with Gasteiger partial charge in [-0.2, -0.15) is 0 Å². The van der Waals surface area contributed by atoms with Gasteiger partial charge in [-0.05, 0) is 62.9 Å². The van der Waals surface area contributed by atoms with Crippen molar-refractivity contribution in [3.63, 3.8) is 0 Å². The third-order valence-electron chi connectivity index (χ3n) is 6.14. The highest BCUT2D eigenvalue weighted by Crippen LogP contribution is 2.52. The van der Waals surface area contributed by atoms with Gasteiger partial charge < -0.3 is 14.8 Å². The number of hydrogen-bond acceptors (Lipinski definition) is 5. The number of amides is 1. The van der Waals surface area contributed by atoms with E-state index in [9.17, 15) is 14.0 Å². The summed E-state index contributed by atoms with van der Waals surface area (Å²) < 4.78 is 24.4.